The second-order valence-electron chi connectivity index (χ2n) is 7.42. The second kappa shape index (κ2) is 9.22. The van der Waals surface area contributed by atoms with E-state index in [2.05, 4.69) is 10.6 Å². The van der Waals surface area contributed by atoms with Crippen molar-refractivity contribution in [2.24, 2.45) is 5.92 Å². The molecule has 1 aliphatic heterocycles. The maximum absolute atomic E-state index is 12.6. The van der Waals surface area contributed by atoms with Gasteiger partial charge in [0.25, 0.3) is 0 Å². The molecule has 0 saturated carbocycles. The van der Waals surface area contributed by atoms with Crippen LogP contribution in [0.4, 0.5) is 11.4 Å². The van der Waals surface area contributed by atoms with Gasteiger partial charge in [-0.3, -0.25) is 14.5 Å². The largest absolute Gasteiger partial charge is 0.326 e. The first-order valence-corrected chi connectivity index (χ1v) is 9.95. The molecule has 2 aromatic carbocycles. The third-order valence-electron chi connectivity index (χ3n) is 4.98. The molecule has 2 N–H and O–H groups in total. The Morgan fingerprint density at radius 2 is 1.89 bits per heavy atom. The van der Waals surface area contributed by atoms with Crippen molar-refractivity contribution in [3.05, 3.63) is 58.6 Å². The molecule has 28 heavy (non-hydrogen) atoms. The fraction of sp³-hybridized carbons (Fsp3) is 0.364. The highest BCUT2D eigenvalue weighted by molar-refractivity contribution is 6.34. The van der Waals surface area contributed by atoms with Gasteiger partial charge in [0.15, 0.2) is 0 Å². The van der Waals surface area contributed by atoms with Crippen LogP contribution in [0, 0.1) is 19.8 Å². The number of para-hydroxylation sites is 1. The van der Waals surface area contributed by atoms with Crippen molar-refractivity contribution in [2.45, 2.75) is 26.7 Å². The lowest BCUT2D eigenvalue weighted by atomic mass is 9.97. The number of likely N-dealkylation sites (tertiary alicyclic amines) is 1. The van der Waals surface area contributed by atoms with Gasteiger partial charge in [-0.2, -0.15) is 0 Å². The highest BCUT2D eigenvalue weighted by atomic mass is 35.5. The quantitative estimate of drug-likeness (QED) is 0.790. The van der Waals surface area contributed by atoms with Gasteiger partial charge in [0.05, 0.1) is 23.2 Å². The van der Waals surface area contributed by atoms with Gasteiger partial charge in [0.1, 0.15) is 0 Å². The number of piperidine rings is 1. The van der Waals surface area contributed by atoms with Crippen LogP contribution in [-0.2, 0) is 9.59 Å². The number of halogens is 1. The Labute approximate surface area is 171 Å². The summed E-state index contributed by atoms with van der Waals surface area (Å²) in [5, 5.41) is 6.43. The number of anilines is 2. The first-order valence-electron chi connectivity index (χ1n) is 9.57. The molecule has 3 rings (SSSR count). The molecule has 1 atom stereocenters. The Bertz CT molecular complexity index is 831. The molecule has 1 heterocycles. The van der Waals surface area contributed by atoms with E-state index in [0.717, 1.165) is 36.2 Å². The summed E-state index contributed by atoms with van der Waals surface area (Å²) in [6, 6.07) is 13.3. The molecule has 0 aromatic heterocycles. The molecule has 2 aromatic rings. The zero-order valence-corrected chi connectivity index (χ0v) is 17.1. The van der Waals surface area contributed by atoms with E-state index in [1.54, 1.807) is 0 Å². The third-order valence-corrected chi connectivity index (χ3v) is 5.28. The minimum Gasteiger partial charge on any atom is -0.326 e. The molecule has 1 unspecified atom stereocenters. The van der Waals surface area contributed by atoms with Crippen LogP contribution in [0.15, 0.2) is 42.5 Å². The summed E-state index contributed by atoms with van der Waals surface area (Å²) < 4.78 is 0. The van der Waals surface area contributed by atoms with Gasteiger partial charge >= 0.3 is 0 Å². The van der Waals surface area contributed by atoms with Crippen LogP contribution in [0.3, 0.4) is 0 Å². The van der Waals surface area contributed by atoms with Crippen LogP contribution in [0.1, 0.15) is 24.0 Å². The van der Waals surface area contributed by atoms with Gasteiger partial charge in [-0.05, 0) is 62.6 Å². The molecule has 0 bridgehead atoms. The first-order chi connectivity index (χ1) is 13.4. The molecule has 1 saturated heterocycles. The molecular formula is C22H26ClN3O2. The first kappa shape index (κ1) is 20.4. The van der Waals surface area contributed by atoms with Crippen molar-refractivity contribution in [2.75, 3.05) is 30.3 Å². The SMILES string of the molecule is Cc1cc(C)c(NC(=O)CN2CCCC(C(=O)Nc3ccccc3)C2)c(Cl)c1. The molecule has 0 spiro atoms. The van der Waals surface area contributed by atoms with Crippen molar-refractivity contribution in [1.29, 1.82) is 0 Å². The average Bonchev–Trinajstić information content (AvgIpc) is 2.65. The highest BCUT2D eigenvalue weighted by Gasteiger charge is 2.27. The number of nitrogens with one attached hydrogen (secondary N) is 2. The summed E-state index contributed by atoms with van der Waals surface area (Å²) in [4.78, 5) is 27.1. The van der Waals surface area contributed by atoms with Crippen molar-refractivity contribution < 1.29 is 9.59 Å². The van der Waals surface area contributed by atoms with Crippen molar-refractivity contribution in [3.63, 3.8) is 0 Å². The normalized spacial score (nSPS) is 17.2. The van der Waals surface area contributed by atoms with E-state index in [0.29, 0.717) is 17.3 Å². The molecule has 0 radical (unpaired) electrons. The van der Waals surface area contributed by atoms with E-state index in [-0.39, 0.29) is 24.3 Å². The molecular weight excluding hydrogens is 374 g/mol. The maximum Gasteiger partial charge on any atom is 0.238 e. The summed E-state index contributed by atoms with van der Waals surface area (Å²) >= 11 is 6.28. The van der Waals surface area contributed by atoms with Gasteiger partial charge in [0.2, 0.25) is 11.8 Å². The van der Waals surface area contributed by atoms with Crippen LogP contribution in [-0.4, -0.2) is 36.3 Å². The Morgan fingerprint density at radius 1 is 1.14 bits per heavy atom. The number of benzene rings is 2. The fourth-order valence-corrected chi connectivity index (χ4v) is 4.00. The molecule has 1 fully saturated rings. The minimum absolute atomic E-state index is 0.00808. The van der Waals surface area contributed by atoms with Gasteiger partial charge in [-0.15, -0.1) is 0 Å². The van der Waals surface area contributed by atoms with Crippen LogP contribution in [0.25, 0.3) is 0 Å². The minimum atomic E-state index is -0.119. The van der Waals surface area contributed by atoms with Gasteiger partial charge in [0, 0.05) is 12.2 Å². The highest BCUT2D eigenvalue weighted by Crippen LogP contribution is 2.27. The van der Waals surface area contributed by atoms with E-state index in [1.165, 1.54) is 0 Å². The number of hydrogen-bond acceptors (Lipinski definition) is 3. The summed E-state index contributed by atoms with van der Waals surface area (Å²) in [6.07, 6.45) is 1.73. The van der Waals surface area contributed by atoms with Crippen LogP contribution >= 0.6 is 11.6 Å². The van der Waals surface area contributed by atoms with E-state index in [1.807, 2.05) is 61.2 Å². The molecule has 6 heteroatoms. The fourth-order valence-electron chi connectivity index (χ4n) is 3.64. The second-order valence-corrected chi connectivity index (χ2v) is 7.82. The number of carbonyl (C=O) groups excluding carboxylic acids is 2. The van der Waals surface area contributed by atoms with Gasteiger partial charge < -0.3 is 10.6 Å². The lowest BCUT2D eigenvalue weighted by Gasteiger charge is -2.31. The van der Waals surface area contributed by atoms with Gasteiger partial charge in [-0.25, -0.2) is 0 Å². The van der Waals surface area contributed by atoms with Gasteiger partial charge in [-0.1, -0.05) is 35.9 Å². The van der Waals surface area contributed by atoms with Crippen LogP contribution < -0.4 is 10.6 Å². The van der Waals surface area contributed by atoms with Crippen LogP contribution in [0.2, 0.25) is 5.02 Å². The summed E-state index contributed by atoms with van der Waals surface area (Å²) in [5.74, 6) is -0.224. The van der Waals surface area contributed by atoms with Crippen LogP contribution in [0.5, 0.6) is 0 Å². The maximum atomic E-state index is 12.6. The molecule has 2 amide bonds. The molecule has 5 nitrogen and oxygen atoms in total. The average molecular weight is 400 g/mol. The Kier molecular flexibility index (Phi) is 6.70. The number of carbonyl (C=O) groups is 2. The molecule has 148 valence electrons. The monoisotopic (exact) mass is 399 g/mol. The van der Waals surface area contributed by atoms with Crippen molar-refractivity contribution >= 4 is 34.8 Å². The van der Waals surface area contributed by atoms with Crippen molar-refractivity contribution in [1.82, 2.24) is 4.90 Å². The predicted molar refractivity (Wildman–Crippen MR) is 114 cm³/mol. The zero-order valence-electron chi connectivity index (χ0n) is 16.3. The topological polar surface area (TPSA) is 61.4 Å². The summed E-state index contributed by atoms with van der Waals surface area (Å²) in [5.41, 5.74) is 3.46. The summed E-state index contributed by atoms with van der Waals surface area (Å²) in [7, 11) is 0. The third kappa shape index (κ3) is 5.33. The lowest BCUT2D eigenvalue weighted by molar-refractivity contribution is -0.123. The predicted octanol–water partition coefficient (Wildman–Crippen LogP) is 4.25. The smallest absolute Gasteiger partial charge is 0.238 e. The van der Waals surface area contributed by atoms with E-state index in [4.69, 9.17) is 11.6 Å². The Hall–Kier alpha value is -2.37. The Morgan fingerprint density at radius 3 is 2.61 bits per heavy atom. The number of nitrogens with zero attached hydrogens (tertiary/aromatic N) is 1. The molecule has 1 aliphatic rings. The molecule has 0 aliphatic carbocycles. The van der Waals surface area contributed by atoms with E-state index >= 15 is 0 Å². The number of hydrogen-bond donors (Lipinski definition) is 2. The number of rotatable bonds is 5. The standard InChI is InChI=1S/C22H26ClN3O2/c1-15-11-16(2)21(19(23)12-15)25-20(27)14-26-10-6-7-17(13-26)22(28)24-18-8-4-3-5-9-18/h3-5,8-9,11-12,17H,6-7,10,13-14H2,1-2H3,(H,24,28)(H,25,27). The van der Waals surface area contributed by atoms with E-state index in [9.17, 15) is 9.59 Å². The number of amides is 2. The number of aryl methyl sites for hydroxylation is 2. The van der Waals surface area contributed by atoms with Crippen molar-refractivity contribution in [3.8, 4) is 0 Å². The Balaban J connectivity index is 1.56. The summed E-state index contributed by atoms with van der Waals surface area (Å²) in [6.45, 7) is 5.53. The van der Waals surface area contributed by atoms with E-state index < -0.39 is 0 Å². The zero-order chi connectivity index (χ0) is 20.1. The lowest BCUT2D eigenvalue weighted by Crippen LogP contribution is -2.44.